The van der Waals surface area contributed by atoms with Crippen molar-refractivity contribution in [2.75, 3.05) is 5.32 Å². The first-order valence-corrected chi connectivity index (χ1v) is 7.36. The summed E-state index contributed by atoms with van der Waals surface area (Å²) in [5, 5.41) is 13.3. The molecule has 0 aliphatic carbocycles. The number of carboxylic acid groups (broad SMARTS) is 1. The van der Waals surface area contributed by atoms with E-state index in [-0.39, 0.29) is 21.3 Å². The van der Waals surface area contributed by atoms with Gasteiger partial charge < -0.3 is 16.2 Å². The first kappa shape index (κ1) is 15.8. The van der Waals surface area contributed by atoms with Crippen LogP contribution in [0.3, 0.4) is 0 Å². The number of hydrogen-bond donors (Lipinski definition) is 3. The van der Waals surface area contributed by atoms with Gasteiger partial charge in [-0.2, -0.15) is 0 Å². The standard InChI is InChI=1S/C13H10Cl2N2O3S/c14-7-4-6(13(19)20)5-8(15)11(7)17-12(18)10(16)9-2-1-3-21-9/h1-5,10H,16H2,(H,17,18)(H,19,20). The molecule has 21 heavy (non-hydrogen) atoms. The molecular formula is C13H10Cl2N2O3S. The summed E-state index contributed by atoms with van der Waals surface area (Å²) in [7, 11) is 0. The summed E-state index contributed by atoms with van der Waals surface area (Å²) in [6, 6.07) is 5.10. The maximum absolute atomic E-state index is 12.1. The minimum atomic E-state index is -1.16. The minimum absolute atomic E-state index is 0.0339. The highest BCUT2D eigenvalue weighted by Gasteiger charge is 2.20. The van der Waals surface area contributed by atoms with Crippen LogP contribution in [0.4, 0.5) is 5.69 Å². The summed E-state index contributed by atoms with van der Waals surface area (Å²) in [6.45, 7) is 0. The van der Waals surface area contributed by atoms with Crippen LogP contribution in [0.15, 0.2) is 29.6 Å². The Morgan fingerprint density at radius 3 is 2.38 bits per heavy atom. The summed E-state index contributed by atoms with van der Waals surface area (Å²) in [5.74, 6) is -1.64. The van der Waals surface area contributed by atoms with E-state index in [0.717, 1.165) is 0 Å². The van der Waals surface area contributed by atoms with E-state index in [4.69, 9.17) is 34.0 Å². The summed E-state index contributed by atoms with van der Waals surface area (Å²) in [4.78, 5) is 23.6. The number of amides is 1. The van der Waals surface area contributed by atoms with E-state index < -0.39 is 17.9 Å². The number of nitrogens with one attached hydrogen (secondary N) is 1. The molecule has 0 radical (unpaired) electrons. The molecule has 1 atom stereocenters. The predicted molar refractivity (Wildman–Crippen MR) is 83.3 cm³/mol. The number of aromatic carboxylic acids is 1. The minimum Gasteiger partial charge on any atom is -0.478 e. The van der Waals surface area contributed by atoms with Gasteiger partial charge in [0.1, 0.15) is 6.04 Å². The molecule has 0 aliphatic rings. The van der Waals surface area contributed by atoms with Crippen molar-refractivity contribution >= 4 is 52.1 Å². The molecule has 1 aromatic heterocycles. The van der Waals surface area contributed by atoms with Crippen molar-refractivity contribution in [2.24, 2.45) is 5.73 Å². The van der Waals surface area contributed by atoms with Gasteiger partial charge in [-0.25, -0.2) is 4.79 Å². The monoisotopic (exact) mass is 344 g/mol. The second kappa shape index (κ2) is 6.44. The lowest BCUT2D eigenvalue weighted by Crippen LogP contribution is -2.27. The third-order valence-electron chi connectivity index (χ3n) is 2.67. The Morgan fingerprint density at radius 1 is 1.29 bits per heavy atom. The van der Waals surface area contributed by atoms with Crippen molar-refractivity contribution in [2.45, 2.75) is 6.04 Å². The Hall–Kier alpha value is -1.60. The van der Waals surface area contributed by atoms with Gasteiger partial charge in [0.2, 0.25) is 5.91 Å². The number of anilines is 1. The average molecular weight is 345 g/mol. The zero-order chi connectivity index (χ0) is 15.6. The van der Waals surface area contributed by atoms with Crippen molar-refractivity contribution in [3.63, 3.8) is 0 Å². The molecule has 4 N–H and O–H groups in total. The van der Waals surface area contributed by atoms with E-state index in [2.05, 4.69) is 5.32 Å². The average Bonchev–Trinajstić information content (AvgIpc) is 2.95. The van der Waals surface area contributed by atoms with Crippen LogP contribution >= 0.6 is 34.5 Å². The predicted octanol–water partition coefficient (Wildman–Crippen LogP) is 3.39. The Bertz CT molecular complexity index is 666. The van der Waals surface area contributed by atoms with Crippen molar-refractivity contribution in [3.05, 3.63) is 50.1 Å². The molecule has 1 unspecified atom stereocenters. The number of benzene rings is 1. The van der Waals surface area contributed by atoms with Crippen molar-refractivity contribution in [1.29, 1.82) is 0 Å². The molecule has 110 valence electrons. The van der Waals surface area contributed by atoms with E-state index in [9.17, 15) is 9.59 Å². The summed E-state index contributed by atoms with van der Waals surface area (Å²) in [6.07, 6.45) is 0. The molecule has 0 bridgehead atoms. The lowest BCUT2D eigenvalue weighted by Gasteiger charge is -2.13. The Morgan fingerprint density at radius 2 is 1.90 bits per heavy atom. The highest BCUT2D eigenvalue weighted by atomic mass is 35.5. The highest BCUT2D eigenvalue weighted by Crippen LogP contribution is 2.32. The second-order valence-corrected chi connectivity index (χ2v) is 5.90. The molecule has 0 fully saturated rings. The number of halogens is 2. The van der Waals surface area contributed by atoms with Crippen LogP contribution < -0.4 is 11.1 Å². The fraction of sp³-hybridized carbons (Fsp3) is 0.0769. The van der Waals surface area contributed by atoms with E-state index >= 15 is 0 Å². The fourth-order valence-electron chi connectivity index (χ4n) is 1.61. The van der Waals surface area contributed by atoms with Gasteiger partial charge in [0.25, 0.3) is 0 Å². The number of thiophene rings is 1. The van der Waals surface area contributed by atoms with Crippen LogP contribution in [0.1, 0.15) is 21.3 Å². The normalized spacial score (nSPS) is 12.0. The molecule has 0 saturated carbocycles. The SMILES string of the molecule is NC(C(=O)Nc1c(Cl)cc(C(=O)O)cc1Cl)c1cccs1. The maximum Gasteiger partial charge on any atom is 0.335 e. The van der Waals surface area contributed by atoms with Gasteiger partial charge in [-0.15, -0.1) is 11.3 Å². The smallest absolute Gasteiger partial charge is 0.335 e. The van der Waals surface area contributed by atoms with Crippen LogP contribution in [0.5, 0.6) is 0 Å². The number of carbonyl (C=O) groups excluding carboxylic acids is 1. The van der Waals surface area contributed by atoms with Crippen LogP contribution in [-0.4, -0.2) is 17.0 Å². The molecule has 0 saturated heterocycles. The molecule has 8 heteroatoms. The van der Waals surface area contributed by atoms with Crippen LogP contribution in [0, 0.1) is 0 Å². The molecule has 1 heterocycles. The van der Waals surface area contributed by atoms with Gasteiger partial charge in [0.15, 0.2) is 0 Å². The number of carbonyl (C=O) groups is 2. The molecule has 0 spiro atoms. The topological polar surface area (TPSA) is 92.4 Å². The zero-order valence-corrected chi connectivity index (χ0v) is 12.8. The molecule has 0 aliphatic heterocycles. The number of hydrogen-bond acceptors (Lipinski definition) is 4. The maximum atomic E-state index is 12.1. The number of rotatable bonds is 4. The van der Waals surface area contributed by atoms with Crippen LogP contribution in [0.2, 0.25) is 10.0 Å². The van der Waals surface area contributed by atoms with Gasteiger partial charge in [-0.05, 0) is 23.6 Å². The van der Waals surface area contributed by atoms with Crippen molar-refractivity contribution < 1.29 is 14.7 Å². The van der Waals surface area contributed by atoms with Gasteiger partial charge in [-0.3, -0.25) is 4.79 Å². The quantitative estimate of drug-likeness (QED) is 0.792. The lowest BCUT2D eigenvalue weighted by molar-refractivity contribution is -0.117. The Kier molecular flexibility index (Phi) is 4.84. The van der Waals surface area contributed by atoms with E-state index in [1.165, 1.54) is 23.5 Å². The fourth-order valence-corrected chi connectivity index (χ4v) is 2.92. The van der Waals surface area contributed by atoms with Gasteiger partial charge in [0.05, 0.1) is 21.3 Å². The first-order valence-electron chi connectivity index (χ1n) is 5.72. The third-order valence-corrected chi connectivity index (χ3v) is 4.22. The lowest BCUT2D eigenvalue weighted by atomic mass is 10.2. The highest BCUT2D eigenvalue weighted by molar-refractivity contribution is 7.10. The molecular weight excluding hydrogens is 335 g/mol. The van der Waals surface area contributed by atoms with E-state index in [0.29, 0.717) is 4.88 Å². The molecule has 5 nitrogen and oxygen atoms in total. The van der Waals surface area contributed by atoms with Crippen LogP contribution in [-0.2, 0) is 4.79 Å². The molecule has 1 amide bonds. The number of carboxylic acids is 1. The van der Waals surface area contributed by atoms with Crippen molar-refractivity contribution in [3.8, 4) is 0 Å². The summed E-state index contributed by atoms with van der Waals surface area (Å²) in [5.41, 5.74) is 5.90. The molecule has 2 aromatic rings. The van der Waals surface area contributed by atoms with Crippen LogP contribution in [0.25, 0.3) is 0 Å². The molecule has 1 aromatic carbocycles. The number of nitrogens with two attached hydrogens (primary N) is 1. The summed E-state index contributed by atoms with van der Waals surface area (Å²) < 4.78 is 0. The first-order chi connectivity index (χ1) is 9.90. The molecule has 2 rings (SSSR count). The van der Waals surface area contributed by atoms with E-state index in [1.807, 2.05) is 5.38 Å². The largest absolute Gasteiger partial charge is 0.478 e. The van der Waals surface area contributed by atoms with Crippen molar-refractivity contribution in [1.82, 2.24) is 0 Å². The summed E-state index contributed by atoms with van der Waals surface area (Å²) >= 11 is 13.3. The van der Waals surface area contributed by atoms with Gasteiger partial charge in [-0.1, -0.05) is 29.3 Å². The second-order valence-electron chi connectivity index (χ2n) is 4.10. The van der Waals surface area contributed by atoms with Gasteiger partial charge in [0, 0.05) is 4.88 Å². The Balaban J connectivity index is 2.24. The van der Waals surface area contributed by atoms with Gasteiger partial charge >= 0.3 is 5.97 Å². The zero-order valence-electron chi connectivity index (χ0n) is 10.5. The Labute approximate surface area is 134 Å². The third kappa shape index (κ3) is 3.54. The van der Waals surface area contributed by atoms with E-state index in [1.54, 1.807) is 12.1 Å².